The van der Waals surface area contributed by atoms with E-state index in [1.807, 2.05) is 12.1 Å². The van der Waals surface area contributed by atoms with Crippen LogP contribution in [0.2, 0.25) is 0 Å². The van der Waals surface area contributed by atoms with Crippen LogP contribution in [0.15, 0.2) is 48.5 Å². The van der Waals surface area contributed by atoms with Gasteiger partial charge in [0.1, 0.15) is 5.69 Å². The molecule has 2 bridgehead atoms. The van der Waals surface area contributed by atoms with Crippen molar-refractivity contribution in [3.05, 3.63) is 88.3 Å². The molecule has 3 aliphatic rings. The molecule has 4 heteroatoms. The SMILES string of the molecule is [C-]#[N+]c1cc[c-]c(-c2nc3cc4c(cc3n2-c2c(C)cccc2C)C2CCC4CC2)c1.[Ir]. The number of rotatable bonds is 2. The van der Waals surface area contributed by atoms with E-state index in [-0.39, 0.29) is 20.1 Å². The molecule has 0 aliphatic heterocycles. The first-order valence-corrected chi connectivity index (χ1v) is 11.2. The maximum atomic E-state index is 7.44. The van der Waals surface area contributed by atoms with Gasteiger partial charge in [0.2, 0.25) is 0 Å². The number of fused-ring (bicyclic) bond motifs is 3. The predicted molar refractivity (Wildman–Crippen MR) is 125 cm³/mol. The Hall–Kier alpha value is -2.73. The van der Waals surface area contributed by atoms with Gasteiger partial charge in [-0.2, -0.15) is 6.07 Å². The molecule has 3 aromatic carbocycles. The van der Waals surface area contributed by atoms with Gasteiger partial charge in [-0.1, -0.05) is 18.2 Å². The van der Waals surface area contributed by atoms with Gasteiger partial charge in [0.05, 0.1) is 23.4 Å². The molecule has 0 spiro atoms. The Balaban J connectivity index is 0.00000216. The van der Waals surface area contributed by atoms with Crippen LogP contribution in [-0.4, -0.2) is 9.55 Å². The van der Waals surface area contributed by atoms with Crippen LogP contribution >= 0.6 is 0 Å². The van der Waals surface area contributed by atoms with Crippen molar-refractivity contribution in [3.63, 3.8) is 0 Å². The number of hydrogen-bond acceptors (Lipinski definition) is 1. The van der Waals surface area contributed by atoms with E-state index in [2.05, 4.69) is 59.7 Å². The summed E-state index contributed by atoms with van der Waals surface area (Å²) in [5, 5.41) is 0. The van der Waals surface area contributed by atoms with Gasteiger partial charge in [0.15, 0.2) is 0 Å². The predicted octanol–water partition coefficient (Wildman–Crippen LogP) is 7.41. The molecule has 0 atom stereocenters. The molecule has 1 saturated carbocycles. The van der Waals surface area contributed by atoms with Crippen LogP contribution in [0, 0.1) is 26.5 Å². The Morgan fingerprint density at radius 2 is 1.62 bits per heavy atom. The summed E-state index contributed by atoms with van der Waals surface area (Å²) in [7, 11) is 0. The minimum Gasteiger partial charge on any atom is -0.333 e. The normalized spacial score (nSPS) is 18.8. The Labute approximate surface area is 202 Å². The van der Waals surface area contributed by atoms with Crippen LogP contribution in [-0.2, 0) is 20.1 Å². The number of hydrogen-bond donors (Lipinski definition) is 0. The molecule has 1 radical (unpaired) electrons. The third-order valence-electron chi connectivity index (χ3n) is 7.28. The van der Waals surface area contributed by atoms with Crippen LogP contribution < -0.4 is 0 Å². The summed E-state index contributed by atoms with van der Waals surface area (Å²) in [5.41, 5.74) is 10.4. The Bertz CT molecular complexity index is 1360. The van der Waals surface area contributed by atoms with Crippen molar-refractivity contribution in [1.29, 1.82) is 0 Å². The number of aryl methyl sites for hydroxylation is 2. The van der Waals surface area contributed by atoms with E-state index in [1.54, 1.807) is 6.07 Å². The Morgan fingerprint density at radius 1 is 0.969 bits per heavy atom. The van der Waals surface area contributed by atoms with Crippen LogP contribution in [0.3, 0.4) is 0 Å². The van der Waals surface area contributed by atoms with Crippen molar-refractivity contribution in [3.8, 4) is 17.1 Å². The van der Waals surface area contributed by atoms with E-state index >= 15 is 0 Å². The van der Waals surface area contributed by atoms with Gasteiger partial charge in [0, 0.05) is 25.8 Å². The third kappa shape index (κ3) is 3.15. The van der Waals surface area contributed by atoms with Crippen LogP contribution in [0.25, 0.3) is 33.0 Å². The van der Waals surface area contributed by atoms with Crippen molar-refractivity contribution in [1.82, 2.24) is 9.55 Å². The zero-order valence-electron chi connectivity index (χ0n) is 18.3. The molecule has 0 unspecified atom stereocenters. The summed E-state index contributed by atoms with van der Waals surface area (Å²) in [6, 6.07) is 20.1. The second kappa shape index (κ2) is 8.00. The van der Waals surface area contributed by atoms with Crippen LogP contribution in [0.1, 0.15) is 59.8 Å². The summed E-state index contributed by atoms with van der Waals surface area (Å²) in [4.78, 5) is 8.77. The average Bonchev–Trinajstić information content (AvgIpc) is 3.17. The van der Waals surface area contributed by atoms with Crippen LogP contribution in [0.4, 0.5) is 5.69 Å². The first-order chi connectivity index (χ1) is 15.1. The molecule has 3 nitrogen and oxygen atoms in total. The Morgan fingerprint density at radius 3 is 2.28 bits per heavy atom. The molecule has 1 heterocycles. The fraction of sp³-hybridized carbons (Fsp3) is 0.286. The minimum absolute atomic E-state index is 0. The summed E-state index contributed by atoms with van der Waals surface area (Å²) < 4.78 is 2.31. The van der Waals surface area contributed by atoms with Gasteiger partial charge < -0.3 is 4.57 Å². The number of aromatic nitrogens is 2. The quantitative estimate of drug-likeness (QED) is 0.222. The second-order valence-corrected chi connectivity index (χ2v) is 9.10. The second-order valence-electron chi connectivity index (χ2n) is 9.10. The summed E-state index contributed by atoms with van der Waals surface area (Å²) in [5.74, 6) is 2.24. The molecule has 161 valence electrons. The molecule has 1 fully saturated rings. The van der Waals surface area contributed by atoms with Gasteiger partial charge in [-0.25, -0.2) is 0 Å². The minimum atomic E-state index is 0. The topological polar surface area (TPSA) is 22.2 Å². The maximum Gasteiger partial charge on any atom is 0.109 e. The van der Waals surface area contributed by atoms with E-state index in [0.717, 1.165) is 16.9 Å². The van der Waals surface area contributed by atoms with E-state index < -0.39 is 0 Å². The van der Waals surface area contributed by atoms with Gasteiger partial charge >= 0.3 is 0 Å². The monoisotopic (exact) mass is 595 g/mol. The number of nitrogens with zero attached hydrogens (tertiary/aromatic N) is 3. The molecule has 4 aromatic rings. The standard InChI is InChI=1S/C28H24N3.Ir/c1-17-6-4-7-18(2)27(17)31-26-16-24-20-12-10-19(11-13-20)23(24)15-25(26)30-28(31)21-8-5-9-22(14-21)29-3;/h4-7,9,14-16,19-20H,10-13H2,1-2H3;/q-1;. The molecular weight excluding hydrogens is 571 g/mol. The molecule has 7 rings (SSSR count). The van der Waals surface area contributed by atoms with Crippen molar-refractivity contribution in [2.45, 2.75) is 51.4 Å². The van der Waals surface area contributed by atoms with Gasteiger partial charge in [-0.15, -0.1) is 23.8 Å². The van der Waals surface area contributed by atoms with E-state index in [0.29, 0.717) is 17.5 Å². The molecule has 3 aliphatic carbocycles. The smallest absolute Gasteiger partial charge is 0.109 e. The largest absolute Gasteiger partial charge is 0.333 e. The first kappa shape index (κ1) is 21.1. The number of para-hydroxylation sites is 1. The summed E-state index contributed by atoms with van der Waals surface area (Å²) >= 11 is 0. The molecule has 32 heavy (non-hydrogen) atoms. The van der Waals surface area contributed by atoms with Gasteiger partial charge in [0.25, 0.3) is 0 Å². The Kier molecular flexibility index (Phi) is 5.28. The number of benzene rings is 3. The van der Waals surface area contributed by atoms with Crippen molar-refractivity contribution < 1.29 is 20.1 Å². The van der Waals surface area contributed by atoms with Gasteiger partial charge in [-0.05, 0) is 85.8 Å². The molecule has 0 saturated heterocycles. The molecular formula is C28H24IrN3-. The van der Waals surface area contributed by atoms with E-state index in [1.165, 1.54) is 59.1 Å². The van der Waals surface area contributed by atoms with Crippen molar-refractivity contribution in [2.24, 2.45) is 0 Å². The molecule has 0 amide bonds. The first-order valence-electron chi connectivity index (χ1n) is 11.2. The zero-order valence-corrected chi connectivity index (χ0v) is 20.7. The zero-order chi connectivity index (χ0) is 21.1. The van der Waals surface area contributed by atoms with Crippen molar-refractivity contribution >= 4 is 16.7 Å². The average molecular weight is 595 g/mol. The summed E-state index contributed by atoms with van der Waals surface area (Å²) in [6.07, 6.45) is 5.26. The number of imidazole rings is 1. The van der Waals surface area contributed by atoms with E-state index in [4.69, 9.17) is 11.6 Å². The summed E-state index contributed by atoms with van der Waals surface area (Å²) in [6.45, 7) is 11.8. The maximum absolute atomic E-state index is 7.44. The molecule has 0 N–H and O–H groups in total. The van der Waals surface area contributed by atoms with Gasteiger partial charge in [-0.3, -0.25) is 9.83 Å². The third-order valence-corrected chi connectivity index (χ3v) is 7.28. The fourth-order valence-electron chi connectivity index (χ4n) is 5.80. The fourth-order valence-corrected chi connectivity index (χ4v) is 5.80. The molecule has 1 aromatic heterocycles. The van der Waals surface area contributed by atoms with E-state index in [9.17, 15) is 0 Å². The van der Waals surface area contributed by atoms with Crippen LogP contribution in [0.5, 0.6) is 0 Å². The van der Waals surface area contributed by atoms with Crippen molar-refractivity contribution in [2.75, 3.05) is 0 Å².